The third-order valence-corrected chi connectivity index (χ3v) is 4.15. The van der Waals surface area contributed by atoms with Crippen molar-refractivity contribution in [3.63, 3.8) is 0 Å². The van der Waals surface area contributed by atoms with Gasteiger partial charge >= 0.3 is 0 Å². The van der Waals surface area contributed by atoms with Crippen LogP contribution in [0.15, 0.2) is 48.8 Å². The maximum absolute atomic E-state index is 12.3. The van der Waals surface area contributed by atoms with Crippen LogP contribution in [0.1, 0.15) is 48.2 Å². The molecule has 138 valence electrons. The van der Waals surface area contributed by atoms with Crippen molar-refractivity contribution in [1.82, 2.24) is 15.6 Å². The van der Waals surface area contributed by atoms with Crippen LogP contribution in [-0.4, -0.2) is 29.9 Å². The predicted molar refractivity (Wildman–Crippen MR) is 103 cm³/mol. The monoisotopic (exact) mass is 353 g/mol. The largest absolute Gasteiger partial charge is 0.354 e. The average molecular weight is 353 g/mol. The Morgan fingerprint density at radius 3 is 2.31 bits per heavy atom. The first-order valence-corrected chi connectivity index (χ1v) is 9.02. The van der Waals surface area contributed by atoms with Crippen LogP contribution in [-0.2, 0) is 11.2 Å². The molecule has 2 N–H and O–H groups in total. The van der Waals surface area contributed by atoms with Gasteiger partial charge in [-0.15, -0.1) is 0 Å². The Kier molecular flexibility index (Phi) is 7.33. The lowest BCUT2D eigenvalue weighted by atomic mass is 9.96. The smallest absolute Gasteiger partial charge is 0.252 e. The molecule has 5 nitrogen and oxygen atoms in total. The lowest BCUT2D eigenvalue weighted by molar-refractivity contribution is -0.122. The lowest BCUT2D eigenvalue weighted by Crippen LogP contribution is -2.36. The van der Waals surface area contributed by atoms with Crippen LogP contribution < -0.4 is 10.6 Å². The molecule has 0 spiro atoms. The SMILES string of the molecule is CC(C)Cc1ccc(C(C)C(=O)NCCNC(=O)c2cccnc2)cc1. The molecule has 1 atom stereocenters. The molecule has 26 heavy (non-hydrogen) atoms. The van der Waals surface area contributed by atoms with Crippen LogP contribution in [0.25, 0.3) is 0 Å². The van der Waals surface area contributed by atoms with Crippen LogP contribution in [0.3, 0.4) is 0 Å². The molecule has 1 unspecified atom stereocenters. The number of carbonyl (C=O) groups is 2. The van der Waals surface area contributed by atoms with Crippen molar-refractivity contribution in [2.75, 3.05) is 13.1 Å². The van der Waals surface area contributed by atoms with Gasteiger partial charge in [0.05, 0.1) is 11.5 Å². The third-order valence-electron chi connectivity index (χ3n) is 4.15. The summed E-state index contributed by atoms with van der Waals surface area (Å²) in [5.74, 6) is 0.152. The summed E-state index contributed by atoms with van der Waals surface area (Å²) in [5, 5.41) is 5.63. The van der Waals surface area contributed by atoms with Gasteiger partial charge in [0.15, 0.2) is 0 Å². The molecule has 0 saturated carbocycles. The van der Waals surface area contributed by atoms with E-state index in [1.54, 1.807) is 18.3 Å². The van der Waals surface area contributed by atoms with E-state index in [-0.39, 0.29) is 17.7 Å². The zero-order chi connectivity index (χ0) is 18.9. The zero-order valence-corrected chi connectivity index (χ0v) is 15.7. The van der Waals surface area contributed by atoms with Gasteiger partial charge in [-0.3, -0.25) is 14.6 Å². The summed E-state index contributed by atoms with van der Waals surface area (Å²) in [4.78, 5) is 28.1. The van der Waals surface area contributed by atoms with Crippen molar-refractivity contribution in [2.24, 2.45) is 5.92 Å². The summed E-state index contributed by atoms with van der Waals surface area (Å²) in [5.41, 5.74) is 2.79. The minimum absolute atomic E-state index is 0.0442. The number of benzene rings is 1. The van der Waals surface area contributed by atoms with E-state index < -0.39 is 0 Å². The van der Waals surface area contributed by atoms with Gasteiger partial charge in [-0.1, -0.05) is 38.1 Å². The third kappa shape index (κ3) is 5.99. The van der Waals surface area contributed by atoms with Crippen LogP contribution in [0.5, 0.6) is 0 Å². The number of nitrogens with one attached hydrogen (secondary N) is 2. The van der Waals surface area contributed by atoms with Crippen LogP contribution in [0, 0.1) is 5.92 Å². The zero-order valence-electron chi connectivity index (χ0n) is 15.7. The van der Waals surface area contributed by atoms with E-state index in [9.17, 15) is 9.59 Å². The maximum Gasteiger partial charge on any atom is 0.252 e. The summed E-state index contributed by atoms with van der Waals surface area (Å²) in [6.45, 7) is 7.04. The highest BCUT2D eigenvalue weighted by Gasteiger charge is 2.15. The number of pyridine rings is 1. The summed E-state index contributed by atoms with van der Waals surface area (Å²) in [7, 11) is 0. The second-order valence-corrected chi connectivity index (χ2v) is 6.85. The topological polar surface area (TPSA) is 71.1 Å². The molecule has 0 aliphatic carbocycles. The van der Waals surface area contributed by atoms with E-state index >= 15 is 0 Å². The molecule has 0 radical (unpaired) electrons. The molecule has 0 bridgehead atoms. The number of nitrogens with zero attached hydrogens (tertiary/aromatic N) is 1. The highest BCUT2D eigenvalue weighted by molar-refractivity contribution is 5.93. The molecule has 2 rings (SSSR count). The molecule has 1 aromatic carbocycles. The molecule has 0 aliphatic heterocycles. The number of hydrogen-bond acceptors (Lipinski definition) is 3. The fourth-order valence-electron chi connectivity index (χ4n) is 2.68. The normalized spacial score (nSPS) is 11.8. The highest BCUT2D eigenvalue weighted by Crippen LogP contribution is 2.17. The van der Waals surface area contributed by atoms with Gasteiger partial charge in [-0.2, -0.15) is 0 Å². The number of aromatic nitrogens is 1. The van der Waals surface area contributed by atoms with Crippen molar-refractivity contribution in [3.8, 4) is 0 Å². The molecule has 1 heterocycles. The van der Waals surface area contributed by atoms with E-state index in [1.807, 2.05) is 19.1 Å². The fourth-order valence-corrected chi connectivity index (χ4v) is 2.68. The Labute approximate surface area is 155 Å². The van der Waals surface area contributed by atoms with E-state index in [2.05, 4.69) is 41.6 Å². The van der Waals surface area contributed by atoms with Crippen LogP contribution in [0.2, 0.25) is 0 Å². The molecule has 0 saturated heterocycles. The van der Waals surface area contributed by atoms with Gasteiger partial charge < -0.3 is 10.6 Å². The Morgan fingerprint density at radius 2 is 1.69 bits per heavy atom. The molecular formula is C21H27N3O2. The summed E-state index contributed by atoms with van der Waals surface area (Å²) in [6, 6.07) is 11.6. The van der Waals surface area contributed by atoms with Crippen LogP contribution in [0.4, 0.5) is 0 Å². The summed E-state index contributed by atoms with van der Waals surface area (Å²) >= 11 is 0. The summed E-state index contributed by atoms with van der Waals surface area (Å²) < 4.78 is 0. The van der Waals surface area contributed by atoms with Gasteiger partial charge in [0, 0.05) is 25.5 Å². The van der Waals surface area contributed by atoms with Crippen LogP contribution >= 0.6 is 0 Å². The van der Waals surface area contributed by atoms with E-state index in [1.165, 1.54) is 11.8 Å². The molecule has 5 heteroatoms. The van der Waals surface area contributed by atoms with E-state index in [4.69, 9.17) is 0 Å². The van der Waals surface area contributed by atoms with Gasteiger partial charge in [-0.25, -0.2) is 0 Å². The number of amides is 2. The second-order valence-electron chi connectivity index (χ2n) is 6.85. The first kappa shape index (κ1) is 19.6. The molecule has 2 aromatic rings. The predicted octanol–water partition coefficient (Wildman–Crippen LogP) is 2.93. The Balaban J connectivity index is 1.75. The van der Waals surface area contributed by atoms with E-state index in [0.29, 0.717) is 24.6 Å². The van der Waals surface area contributed by atoms with Gasteiger partial charge in [-0.05, 0) is 42.5 Å². The average Bonchev–Trinajstić information content (AvgIpc) is 2.65. The maximum atomic E-state index is 12.3. The second kappa shape index (κ2) is 9.70. The molecule has 0 aliphatic rings. The van der Waals surface area contributed by atoms with Crippen molar-refractivity contribution in [1.29, 1.82) is 0 Å². The van der Waals surface area contributed by atoms with Crippen molar-refractivity contribution in [3.05, 3.63) is 65.5 Å². The molecule has 0 fully saturated rings. The molecule has 1 aromatic heterocycles. The van der Waals surface area contributed by atoms with Crippen molar-refractivity contribution < 1.29 is 9.59 Å². The minimum atomic E-state index is -0.225. The van der Waals surface area contributed by atoms with Crippen molar-refractivity contribution in [2.45, 2.75) is 33.1 Å². The fraction of sp³-hybridized carbons (Fsp3) is 0.381. The van der Waals surface area contributed by atoms with Gasteiger partial charge in [0.2, 0.25) is 5.91 Å². The van der Waals surface area contributed by atoms with Gasteiger partial charge in [0.1, 0.15) is 0 Å². The standard InChI is InChI=1S/C21H27N3O2/c1-15(2)13-17-6-8-18(9-7-17)16(3)20(25)23-11-12-24-21(26)19-5-4-10-22-14-19/h4-10,14-16H,11-13H2,1-3H3,(H,23,25)(H,24,26). The first-order valence-electron chi connectivity index (χ1n) is 9.02. The molecule has 2 amide bonds. The number of carbonyl (C=O) groups excluding carboxylic acids is 2. The Morgan fingerprint density at radius 1 is 1.00 bits per heavy atom. The first-order chi connectivity index (χ1) is 12.5. The Bertz CT molecular complexity index is 712. The molecular weight excluding hydrogens is 326 g/mol. The highest BCUT2D eigenvalue weighted by atomic mass is 16.2. The summed E-state index contributed by atoms with van der Waals surface area (Å²) in [6.07, 6.45) is 4.17. The quantitative estimate of drug-likeness (QED) is 0.717. The number of rotatable bonds is 8. The van der Waals surface area contributed by atoms with E-state index in [0.717, 1.165) is 12.0 Å². The Hall–Kier alpha value is -2.69. The van der Waals surface area contributed by atoms with Crippen molar-refractivity contribution >= 4 is 11.8 Å². The number of hydrogen-bond donors (Lipinski definition) is 2. The lowest BCUT2D eigenvalue weighted by Gasteiger charge is -2.14. The van der Waals surface area contributed by atoms with Gasteiger partial charge in [0.25, 0.3) is 5.91 Å². The minimum Gasteiger partial charge on any atom is -0.354 e.